The second-order valence-electron chi connectivity index (χ2n) is 7.94. The lowest BCUT2D eigenvalue weighted by atomic mass is 9.80. The van der Waals surface area contributed by atoms with E-state index >= 15 is 0 Å². The highest BCUT2D eigenvalue weighted by molar-refractivity contribution is 6.35. The molecule has 0 amide bonds. The van der Waals surface area contributed by atoms with Crippen molar-refractivity contribution in [3.63, 3.8) is 0 Å². The van der Waals surface area contributed by atoms with Gasteiger partial charge in [0.05, 0.1) is 18.6 Å². The molecule has 0 N–H and O–H groups in total. The van der Waals surface area contributed by atoms with E-state index in [0.717, 1.165) is 23.1 Å². The van der Waals surface area contributed by atoms with Crippen molar-refractivity contribution >= 4 is 29.0 Å². The Morgan fingerprint density at radius 2 is 1.87 bits per heavy atom. The number of hydrogen-bond donors (Lipinski definition) is 0. The minimum Gasteiger partial charge on any atom is -0.493 e. The van der Waals surface area contributed by atoms with Crippen LogP contribution in [0.1, 0.15) is 36.0 Å². The number of fused-ring (bicyclic) bond motifs is 1. The van der Waals surface area contributed by atoms with E-state index in [9.17, 15) is 4.79 Å². The Balaban J connectivity index is 1.39. The molecule has 30 heavy (non-hydrogen) atoms. The highest BCUT2D eigenvalue weighted by Gasteiger charge is 2.41. The van der Waals surface area contributed by atoms with Gasteiger partial charge in [0, 0.05) is 22.0 Å². The molecular formula is C24H24Cl2O4. The Morgan fingerprint density at radius 1 is 1.10 bits per heavy atom. The van der Waals surface area contributed by atoms with Crippen LogP contribution in [0.2, 0.25) is 10.0 Å². The Morgan fingerprint density at radius 3 is 2.63 bits per heavy atom. The number of ether oxygens (including phenoxy) is 3. The predicted molar refractivity (Wildman–Crippen MR) is 117 cm³/mol. The summed E-state index contributed by atoms with van der Waals surface area (Å²) in [7, 11) is 0. The largest absolute Gasteiger partial charge is 0.493 e. The molecule has 0 saturated heterocycles. The summed E-state index contributed by atoms with van der Waals surface area (Å²) in [6.07, 6.45) is 3.35. The van der Waals surface area contributed by atoms with Gasteiger partial charge in [0.2, 0.25) is 11.5 Å². The van der Waals surface area contributed by atoms with Crippen molar-refractivity contribution < 1.29 is 19.0 Å². The van der Waals surface area contributed by atoms with Gasteiger partial charge in [-0.25, -0.2) is 0 Å². The van der Waals surface area contributed by atoms with Crippen LogP contribution in [0.5, 0.6) is 5.75 Å². The van der Waals surface area contributed by atoms with Crippen LogP contribution < -0.4 is 4.74 Å². The zero-order chi connectivity index (χ0) is 21.3. The first-order valence-electron chi connectivity index (χ1n) is 10.1. The summed E-state index contributed by atoms with van der Waals surface area (Å²) >= 11 is 12.4. The third kappa shape index (κ3) is 4.51. The van der Waals surface area contributed by atoms with Gasteiger partial charge < -0.3 is 14.2 Å². The first-order chi connectivity index (χ1) is 14.4. The van der Waals surface area contributed by atoms with Crippen LogP contribution in [-0.4, -0.2) is 18.0 Å². The normalized spacial score (nSPS) is 23.4. The fourth-order valence-corrected chi connectivity index (χ4v) is 4.47. The number of benzene rings is 2. The van der Waals surface area contributed by atoms with Crippen LogP contribution in [0, 0.1) is 19.8 Å². The molecule has 1 saturated carbocycles. The second kappa shape index (κ2) is 9.01. The highest BCUT2D eigenvalue weighted by atomic mass is 35.5. The number of rotatable bonds is 5. The number of halogens is 2. The highest BCUT2D eigenvalue weighted by Crippen LogP contribution is 2.36. The molecule has 0 aromatic heterocycles. The van der Waals surface area contributed by atoms with Gasteiger partial charge in [-0.3, -0.25) is 4.79 Å². The molecule has 4 rings (SSSR count). The number of ketones is 1. The Hall–Kier alpha value is -2.01. The molecule has 6 heteroatoms. The topological polar surface area (TPSA) is 44.8 Å². The summed E-state index contributed by atoms with van der Waals surface area (Å²) in [6.45, 7) is 4.29. The van der Waals surface area contributed by atoms with Crippen molar-refractivity contribution in [1.82, 2.24) is 0 Å². The average molecular weight is 447 g/mol. The lowest BCUT2D eigenvalue weighted by molar-refractivity contribution is -0.134. The zero-order valence-corrected chi connectivity index (χ0v) is 18.5. The number of carbonyl (C=O) groups excluding carboxylic acids is 1. The third-order valence-corrected chi connectivity index (χ3v) is 6.47. The first kappa shape index (κ1) is 21.2. The maximum atomic E-state index is 13.0. The quantitative estimate of drug-likeness (QED) is 0.549. The second-order valence-corrected chi connectivity index (χ2v) is 8.76. The molecule has 158 valence electrons. The van der Waals surface area contributed by atoms with E-state index in [1.165, 1.54) is 6.26 Å². The van der Waals surface area contributed by atoms with Crippen LogP contribution in [-0.2, 0) is 20.9 Å². The van der Waals surface area contributed by atoms with Gasteiger partial charge >= 0.3 is 0 Å². The van der Waals surface area contributed by atoms with Crippen LogP contribution in [0.25, 0.3) is 0 Å². The number of allylic oxidation sites excluding steroid dienone is 1. The van der Waals surface area contributed by atoms with Gasteiger partial charge in [-0.15, -0.1) is 0 Å². The smallest absolute Gasteiger partial charge is 0.207 e. The lowest BCUT2D eigenvalue weighted by Crippen LogP contribution is -2.42. The standard InChI is InChI=1S/C24H24Cl2O4/c1-14-6-7-15(2)21(10-14)30-23-13-29-22-11-16(8-9-17(22)24(23)27)28-12-18-19(25)4-3-5-20(18)26/h3-7,10,13,16-17,22H,8-9,11-12H2,1-2H3. The monoisotopic (exact) mass is 446 g/mol. The maximum absolute atomic E-state index is 13.0. The number of Topliss-reactive ketones (excluding diaryl/α,β-unsaturated/α-hetero) is 1. The molecule has 4 nitrogen and oxygen atoms in total. The molecule has 1 fully saturated rings. The summed E-state index contributed by atoms with van der Waals surface area (Å²) in [6, 6.07) is 11.3. The molecular weight excluding hydrogens is 423 g/mol. The number of aryl methyl sites for hydroxylation is 2. The van der Waals surface area contributed by atoms with Crippen LogP contribution in [0.3, 0.4) is 0 Å². The van der Waals surface area contributed by atoms with Crippen LogP contribution in [0.15, 0.2) is 48.4 Å². The molecule has 2 aromatic carbocycles. The molecule has 1 aliphatic carbocycles. The fraction of sp³-hybridized carbons (Fsp3) is 0.375. The minimum absolute atomic E-state index is 0.000227. The van der Waals surface area contributed by atoms with Crippen molar-refractivity contribution in [3.05, 3.63) is 75.2 Å². The Kier molecular flexibility index (Phi) is 6.37. The molecule has 0 spiro atoms. The summed E-state index contributed by atoms with van der Waals surface area (Å²) in [5, 5.41) is 1.19. The van der Waals surface area contributed by atoms with Crippen molar-refractivity contribution in [2.45, 2.75) is 51.9 Å². The molecule has 1 heterocycles. The van der Waals surface area contributed by atoms with E-state index in [-0.39, 0.29) is 29.7 Å². The summed E-state index contributed by atoms with van der Waals surface area (Å²) in [5.74, 6) is 0.746. The molecule has 2 aromatic rings. The van der Waals surface area contributed by atoms with E-state index in [4.69, 9.17) is 37.4 Å². The molecule has 0 bridgehead atoms. The molecule has 2 aliphatic rings. The van der Waals surface area contributed by atoms with E-state index in [1.54, 1.807) is 12.1 Å². The van der Waals surface area contributed by atoms with E-state index in [1.807, 2.05) is 38.1 Å². The Bertz CT molecular complexity index is 965. The van der Waals surface area contributed by atoms with Crippen LogP contribution >= 0.6 is 23.2 Å². The van der Waals surface area contributed by atoms with E-state index in [2.05, 4.69) is 0 Å². The molecule has 3 atom stereocenters. The van der Waals surface area contributed by atoms with Gasteiger partial charge in [-0.1, -0.05) is 41.4 Å². The van der Waals surface area contributed by atoms with Gasteiger partial charge in [0.1, 0.15) is 18.1 Å². The van der Waals surface area contributed by atoms with E-state index in [0.29, 0.717) is 35.2 Å². The molecule has 1 aliphatic heterocycles. The summed E-state index contributed by atoms with van der Waals surface area (Å²) in [5.41, 5.74) is 2.84. The average Bonchev–Trinajstić information content (AvgIpc) is 2.72. The van der Waals surface area contributed by atoms with Gasteiger partial charge in [0.15, 0.2) is 0 Å². The van der Waals surface area contributed by atoms with E-state index < -0.39 is 0 Å². The Labute approximate surface area is 186 Å². The van der Waals surface area contributed by atoms with Gasteiger partial charge in [0.25, 0.3) is 0 Å². The molecule has 0 radical (unpaired) electrons. The number of carbonyl (C=O) groups is 1. The van der Waals surface area contributed by atoms with Crippen LogP contribution in [0.4, 0.5) is 0 Å². The summed E-state index contributed by atoms with van der Waals surface area (Å²) in [4.78, 5) is 13.0. The fourth-order valence-electron chi connectivity index (χ4n) is 3.97. The van der Waals surface area contributed by atoms with Gasteiger partial charge in [-0.05, 0) is 56.0 Å². The SMILES string of the molecule is Cc1ccc(C)c(OC2=COC3CC(OCc4c(Cl)cccc4Cl)CCC3C2=O)c1. The van der Waals surface area contributed by atoms with Crippen molar-refractivity contribution in [1.29, 1.82) is 0 Å². The van der Waals surface area contributed by atoms with Crippen molar-refractivity contribution in [2.75, 3.05) is 0 Å². The van der Waals surface area contributed by atoms with Gasteiger partial charge in [-0.2, -0.15) is 0 Å². The maximum Gasteiger partial charge on any atom is 0.207 e. The third-order valence-electron chi connectivity index (χ3n) is 5.76. The lowest BCUT2D eigenvalue weighted by Gasteiger charge is -2.37. The van der Waals surface area contributed by atoms with Crippen molar-refractivity contribution in [2.24, 2.45) is 5.92 Å². The number of hydrogen-bond acceptors (Lipinski definition) is 4. The van der Waals surface area contributed by atoms with Crippen molar-refractivity contribution in [3.8, 4) is 5.75 Å². The summed E-state index contributed by atoms with van der Waals surface area (Å²) < 4.78 is 17.9. The minimum atomic E-state index is -0.209. The predicted octanol–water partition coefficient (Wildman–Crippen LogP) is 6.18. The zero-order valence-electron chi connectivity index (χ0n) is 17.0. The molecule has 3 unspecified atom stereocenters. The first-order valence-corrected chi connectivity index (χ1v) is 10.9.